The summed E-state index contributed by atoms with van der Waals surface area (Å²) >= 11 is 0. The molecule has 0 radical (unpaired) electrons. The molecular weight excluding hydrogens is 247 g/mol. The number of nitrogens with two attached hydrogens (primary N) is 1. The number of hydrogen-bond donors (Lipinski definition) is 3. The SMILES string of the molecule is CCC(NC(=O)c1cc(N)ccc1F)c1ncc[nH]1. The zero-order valence-electron chi connectivity index (χ0n) is 10.5. The van der Waals surface area contributed by atoms with Crippen LogP contribution in [-0.4, -0.2) is 15.9 Å². The summed E-state index contributed by atoms with van der Waals surface area (Å²) in [6.07, 6.45) is 3.92. The molecule has 0 spiro atoms. The van der Waals surface area contributed by atoms with Gasteiger partial charge in [-0.15, -0.1) is 0 Å². The highest BCUT2D eigenvalue weighted by Crippen LogP contribution is 2.16. The fourth-order valence-electron chi connectivity index (χ4n) is 1.78. The van der Waals surface area contributed by atoms with E-state index in [1.54, 1.807) is 12.4 Å². The molecule has 100 valence electrons. The van der Waals surface area contributed by atoms with E-state index in [4.69, 9.17) is 5.73 Å². The molecule has 1 aromatic carbocycles. The van der Waals surface area contributed by atoms with E-state index in [1.807, 2.05) is 6.92 Å². The molecule has 0 saturated heterocycles. The predicted molar refractivity (Wildman–Crippen MR) is 69.9 cm³/mol. The molecule has 0 bridgehead atoms. The van der Waals surface area contributed by atoms with Crippen molar-refractivity contribution in [3.8, 4) is 0 Å². The van der Waals surface area contributed by atoms with E-state index in [9.17, 15) is 9.18 Å². The number of nitrogen functional groups attached to an aromatic ring is 1. The van der Waals surface area contributed by atoms with Gasteiger partial charge in [-0.2, -0.15) is 0 Å². The number of benzene rings is 1. The van der Waals surface area contributed by atoms with Gasteiger partial charge in [0.15, 0.2) is 0 Å². The van der Waals surface area contributed by atoms with E-state index >= 15 is 0 Å². The summed E-state index contributed by atoms with van der Waals surface area (Å²) in [5, 5.41) is 2.73. The van der Waals surface area contributed by atoms with Crippen LogP contribution in [0, 0.1) is 5.82 Å². The van der Waals surface area contributed by atoms with Gasteiger partial charge in [0.25, 0.3) is 5.91 Å². The average Bonchev–Trinajstić information content (AvgIpc) is 2.92. The third-order valence-corrected chi connectivity index (χ3v) is 2.80. The third-order valence-electron chi connectivity index (χ3n) is 2.80. The number of amides is 1. The molecule has 0 aliphatic carbocycles. The van der Waals surface area contributed by atoms with Crippen molar-refractivity contribution < 1.29 is 9.18 Å². The van der Waals surface area contributed by atoms with Crippen molar-refractivity contribution in [1.29, 1.82) is 0 Å². The molecule has 19 heavy (non-hydrogen) atoms. The molecule has 1 aromatic heterocycles. The Bertz CT molecular complexity index is 568. The molecule has 1 amide bonds. The van der Waals surface area contributed by atoms with E-state index in [0.717, 1.165) is 0 Å². The van der Waals surface area contributed by atoms with Crippen LogP contribution in [0.2, 0.25) is 0 Å². The number of anilines is 1. The molecule has 1 heterocycles. The van der Waals surface area contributed by atoms with Gasteiger partial charge in [0.05, 0.1) is 11.6 Å². The molecule has 1 atom stereocenters. The van der Waals surface area contributed by atoms with Crippen molar-refractivity contribution in [3.63, 3.8) is 0 Å². The highest BCUT2D eigenvalue weighted by Gasteiger charge is 2.18. The number of carbonyl (C=O) groups is 1. The van der Waals surface area contributed by atoms with Crippen LogP contribution < -0.4 is 11.1 Å². The third kappa shape index (κ3) is 2.90. The maximum atomic E-state index is 13.6. The number of halogens is 1. The topological polar surface area (TPSA) is 83.8 Å². The maximum absolute atomic E-state index is 13.6. The zero-order chi connectivity index (χ0) is 13.8. The molecule has 5 nitrogen and oxygen atoms in total. The second-order valence-electron chi connectivity index (χ2n) is 4.15. The van der Waals surface area contributed by atoms with E-state index in [2.05, 4.69) is 15.3 Å². The van der Waals surface area contributed by atoms with Gasteiger partial charge in [0, 0.05) is 18.1 Å². The Labute approximate surface area is 110 Å². The number of aromatic amines is 1. The molecule has 4 N–H and O–H groups in total. The molecular formula is C13H15FN4O. The van der Waals surface area contributed by atoms with Gasteiger partial charge in [-0.3, -0.25) is 4.79 Å². The monoisotopic (exact) mass is 262 g/mol. The Morgan fingerprint density at radius 2 is 2.37 bits per heavy atom. The lowest BCUT2D eigenvalue weighted by Gasteiger charge is -2.15. The number of aromatic nitrogens is 2. The van der Waals surface area contributed by atoms with Crippen LogP contribution in [0.1, 0.15) is 35.6 Å². The normalized spacial score (nSPS) is 12.1. The van der Waals surface area contributed by atoms with E-state index in [1.165, 1.54) is 18.2 Å². The van der Waals surface area contributed by atoms with E-state index in [0.29, 0.717) is 17.9 Å². The van der Waals surface area contributed by atoms with Gasteiger partial charge in [-0.25, -0.2) is 9.37 Å². The number of carbonyl (C=O) groups excluding carboxylic acids is 1. The van der Waals surface area contributed by atoms with Crippen LogP contribution in [0.4, 0.5) is 10.1 Å². The lowest BCUT2D eigenvalue weighted by molar-refractivity contribution is 0.0930. The number of nitrogens with zero attached hydrogens (tertiary/aromatic N) is 1. The quantitative estimate of drug-likeness (QED) is 0.737. The fraction of sp³-hybridized carbons (Fsp3) is 0.231. The minimum Gasteiger partial charge on any atom is -0.399 e. The summed E-state index contributed by atoms with van der Waals surface area (Å²) in [6.45, 7) is 1.91. The smallest absolute Gasteiger partial charge is 0.254 e. The van der Waals surface area contributed by atoms with Crippen LogP contribution in [0.25, 0.3) is 0 Å². The molecule has 6 heteroatoms. The van der Waals surface area contributed by atoms with Gasteiger partial charge in [-0.05, 0) is 24.6 Å². The van der Waals surface area contributed by atoms with Crippen molar-refractivity contribution in [2.24, 2.45) is 0 Å². The molecule has 2 rings (SSSR count). The first-order chi connectivity index (χ1) is 9.11. The van der Waals surface area contributed by atoms with Crippen molar-refractivity contribution in [3.05, 3.63) is 47.8 Å². The predicted octanol–water partition coefficient (Wildman–Crippen LogP) is 2.01. The van der Waals surface area contributed by atoms with Crippen molar-refractivity contribution >= 4 is 11.6 Å². The summed E-state index contributed by atoms with van der Waals surface area (Å²) in [4.78, 5) is 19.0. The minimum atomic E-state index is -0.596. The highest BCUT2D eigenvalue weighted by atomic mass is 19.1. The first-order valence-electron chi connectivity index (χ1n) is 5.97. The first kappa shape index (κ1) is 13.1. The largest absolute Gasteiger partial charge is 0.399 e. The Balaban J connectivity index is 2.18. The van der Waals surface area contributed by atoms with Crippen molar-refractivity contribution in [1.82, 2.24) is 15.3 Å². The van der Waals surface area contributed by atoms with Crippen LogP contribution in [0.15, 0.2) is 30.6 Å². The lowest BCUT2D eigenvalue weighted by Crippen LogP contribution is -2.29. The van der Waals surface area contributed by atoms with Gasteiger partial charge in [0.1, 0.15) is 11.6 Å². The number of imidazole rings is 1. The fourth-order valence-corrected chi connectivity index (χ4v) is 1.78. The summed E-state index contributed by atoms with van der Waals surface area (Å²) < 4.78 is 13.6. The minimum absolute atomic E-state index is 0.0648. The van der Waals surface area contributed by atoms with Gasteiger partial charge >= 0.3 is 0 Å². The van der Waals surface area contributed by atoms with Gasteiger partial charge in [-0.1, -0.05) is 6.92 Å². The zero-order valence-corrected chi connectivity index (χ0v) is 10.5. The van der Waals surface area contributed by atoms with Gasteiger partial charge < -0.3 is 16.0 Å². The molecule has 2 aromatic rings. The summed E-state index contributed by atoms with van der Waals surface area (Å²) in [6, 6.07) is 3.62. The molecule has 0 aliphatic heterocycles. The standard InChI is InChI=1S/C13H15FN4O/c1-2-11(12-16-5-6-17-12)18-13(19)9-7-8(15)3-4-10(9)14/h3-7,11H,2,15H2,1H3,(H,16,17)(H,18,19). The molecule has 0 fully saturated rings. The van der Waals surface area contributed by atoms with Gasteiger partial charge in [0.2, 0.25) is 0 Å². The number of nitrogens with one attached hydrogen (secondary N) is 2. The van der Waals surface area contributed by atoms with Crippen LogP contribution in [0.3, 0.4) is 0 Å². The Morgan fingerprint density at radius 3 is 3.00 bits per heavy atom. The van der Waals surface area contributed by atoms with E-state index < -0.39 is 11.7 Å². The summed E-state index contributed by atoms with van der Waals surface area (Å²) in [5.74, 6) is -0.464. The van der Waals surface area contributed by atoms with Crippen LogP contribution in [0.5, 0.6) is 0 Å². The summed E-state index contributed by atoms with van der Waals surface area (Å²) in [5.41, 5.74) is 5.84. The first-order valence-corrected chi connectivity index (χ1v) is 5.97. The van der Waals surface area contributed by atoms with Crippen LogP contribution >= 0.6 is 0 Å². The van der Waals surface area contributed by atoms with E-state index in [-0.39, 0.29) is 11.6 Å². The van der Waals surface area contributed by atoms with Crippen LogP contribution in [-0.2, 0) is 0 Å². The summed E-state index contributed by atoms with van der Waals surface area (Å²) in [7, 11) is 0. The second kappa shape index (κ2) is 5.51. The second-order valence-corrected chi connectivity index (χ2v) is 4.15. The van der Waals surface area contributed by atoms with Crippen molar-refractivity contribution in [2.75, 3.05) is 5.73 Å². The number of H-pyrrole nitrogens is 1. The Hall–Kier alpha value is -2.37. The molecule has 1 unspecified atom stereocenters. The average molecular weight is 262 g/mol. The highest BCUT2D eigenvalue weighted by molar-refractivity contribution is 5.95. The Morgan fingerprint density at radius 1 is 1.58 bits per heavy atom. The molecule has 0 saturated carbocycles. The van der Waals surface area contributed by atoms with Crippen molar-refractivity contribution in [2.45, 2.75) is 19.4 Å². The number of rotatable bonds is 4. The molecule has 0 aliphatic rings. The maximum Gasteiger partial charge on any atom is 0.254 e. The Kier molecular flexibility index (Phi) is 3.79. The number of hydrogen-bond acceptors (Lipinski definition) is 3. The lowest BCUT2D eigenvalue weighted by atomic mass is 10.1.